The van der Waals surface area contributed by atoms with Crippen molar-refractivity contribution in [2.45, 2.75) is 19.9 Å². The van der Waals surface area contributed by atoms with Crippen LogP contribution in [0.2, 0.25) is 0 Å². The summed E-state index contributed by atoms with van der Waals surface area (Å²) >= 11 is 1.73. The number of morpholine rings is 1. The van der Waals surface area contributed by atoms with Gasteiger partial charge in [0.1, 0.15) is 0 Å². The number of amides is 1. The first-order valence-corrected chi connectivity index (χ1v) is 10.8. The molecule has 3 aromatic rings. The summed E-state index contributed by atoms with van der Waals surface area (Å²) in [6.07, 6.45) is 0. The van der Waals surface area contributed by atoms with E-state index in [1.54, 1.807) is 11.3 Å². The summed E-state index contributed by atoms with van der Waals surface area (Å²) in [5, 5.41) is 9.70. The van der Waals surface area contributed by atoms with E-state index >= 15 is 0 Å². The number of aromatic nitrogens is 2. The average molecular weight is 411 g/mol. The zero-order chi connectivity index (χ0) is 20.2. The number of ether oxygens (including phenoxy) is 1. The van der Waals surface area contributed by atoms with Crippen LogP contribution in [0.25, 0.3) is 5.69 Å². The molecule has 1 saturated heterocycles. The highest BCUT2D eigenvalue weighted by molar-refractivity contribution is 7.10. The molecule has 0 saturated carbocycles. The summed E-state index contributed by atoms with van der Waals surface area (Å²) in [4.78, 5) is 16.4. The number of thiophene rings is 1. The molecule has 2 aromatic heterocycles. The highest BCUT2D eigenvalue weighted by Gasteiger charge is 2.24. The number of benzene rings is 1. The predicted molar refractivity (Wildman–Crippen MR) is 115 cm³/mol. The van der Waals surface area contributed by atoms with E-state index in [1.807, 2.05) is 48.9 Å². The van der Waals surface area contributed by atoms with Crippen molar-refractivity contribution in [1.82, 2.24) is 20.0 Å². The van der Waals surface area contributed by atoms with Gasteiger partial charge in [0.15, 0.2) is 0 Å². The predicted octanol–water partition coefficient (Wildman–Crippen LogP) is 3.35. The minimum atomic E-state index is -0.0558. The van der Waals surface area contributed by atoms with Crippen molar-refractivity contribution in [3.05, 3.63) is 69.7 Å². The Hall–Kier alpha value is -2.48. The molecule has 1 atom stereocenters. The second kappa shape index (κ2) is 8.90. The van der Waals surface area contributed by atoms with Gasteiger partial charge in [-0.15, -0.1) is 11.3 Å². The third-order valence-corrected chi connectivity index (χ3v) is 6.17. The molecule has 1 aliphatic heterocycles. The molecule has 4 rings (SSSR count). The van der Waals surface area contributed by atoms with Crippen LogP contribution in [0, 0.1) is 13.8 Å². The largest absolute Gasteiger partial charge is 0.379 e. The lowest BCUT2D eigenvalue weighted by Gasteiger charge is -2.34. The van der Waals surface area contributed by atoms with Crippen LogP contribution >= 0.6 is 11.3 Å². The molecule has 0 radical (unpaired) electrons. The third kappa shape index (κ3) is 4.58. The Morgan fingerprint density at radius 2 is 1.97 bits per heavy atom. The summed E-state index contributed by atoms with van der Waals surface area (Å²) in [6, 6.07) is 14.0. The van der Waals surface area contributed by atoms with Crippen molar-refractivity contribution in [3.8, 4) is 5.69 Å². The Labute approximate surface area is 175 Å². The van der Waals surface area contributed by atoms with Crippen LogP contribution in [-0.4, -0.2) is 53.4 Å². The third-order valence-electron chi connectivity index (χ3n) is 5.20. The van der Waals surface area contributed by atoms with Crippen LogP contribution in [0.4, 0.5) is 0 Å². The zero-order valence-corrected chi connectivity index (χ0v) is 17.6. The molecule has 1 amide bonds. The summed E-state index contributed by atoms with van der Waals surface area (Å²) in [7, 11) is 0. The summed E-state index contributed by atoms with van der Waals surface area (Å²) in [5.41, 5.74) is 3.66. The number of carbonyl (C=O) groups is 1. The van der Waals surface area contributed by atoms with Crippen LogP contribution in [0.15, 0.2) is 47.8 Å². The van der Waals surface area contributed by atoms with E-state index in [2.05, 4.69) is 32.8 Å². The number of aryl methyl sites for hydroxylation is 2. The zero-order valence-electron chi connectivity index (χ0n) is 16.8. The number of carbonyl (C=O) groups excluding carboxylic acids is 1. The molecule has 0 aliphatic carbocycles. The van der Waals surface area contributed by atoms with Gasteiger partial charge in [0.05, 0.1) is 30.6 Å². The van der Waals surface area contributed by atoms with E-state index in [9.17, 15) is 4.79 Å². The van der Waals surface area contributed by atoms with Crippen molar-refractivity contribution in [2.75, 3.05) is 32.8 Å². The molecule has 152 valence electrons. The van der Waals surface area contributed by atoms with Crippen LogP contribution in [0.1, 0.15) is 32.7 Å². The Balaban J connectivity index is 1.43. The van der Waals surface area contributed by atoms with Crippen molar-refractivity contribution in [1.29, 1.82) is 0 Å². The second-order valence-electron chi connectivity index (χ2n) is 7.28. The van der Waals surface area contributed by atoms with Crippen molar-refractivity contribution >= 4 is 17.2 Å². The average Bonchev–Trinajstić information content (AvgIpc) is 3.38. The van der Waals surface area contributed by atoms with Gasteiger partial charge in [-0.1, -0.05) is 6.07 Å². The first-order chi connectivity index (χ1) is 14.1. The fourth-order valence-corrected chi connectivity index (χ4v) is 4.58. The first kappa shape index (κ1) is 19.8. The van der Waals surface area contributed by atoms with Crippen molar-refractivity contribution in [3.63, 3.8) is 0 Å². The van der Waals surface area contributed by atoms with Gasteiger partial charge in [-0.2, -0.15) is 5.10 Å². The first-order valence-electron chi connectivity index (χ1n) is 9.89. The Morgan fingerprint density at radius 3 is 2.59 bits per heavy atom. The minimum absolute atomic E-state index is 0.0558. The quantitative estimate of drug-likeness (QED) is 0.677. The molecule has 1 fully saturated rings. The fraction of sp³-hybridized carbons (Fsp3) is 0.364. The molecule has 0 bridgehead atoms. The maximum atomic E-state index is 12.7. The summed E-state index contributed by atoms with van der Waals surface area (Å²) in [5.74, 6) is -0.0558. The normalized spacial score (nSPS) is 15.9. The van der Waals surface area contributed by atoms with Gasteiger partial charge in [-0.25, -0.2) is 4.68 Å². The lowest BCUT2D eigenvalue weighted by Crippen LogP contribution is -2.43. The van der Waals surface area contributed by atoms with Crippen molar-refractivity contribution < 1.29 is 9.53 Å². The lowest BCUT2D eigenvalue weighted by atomic mass is 10.1. The van der Waals surface area contributed by atoms with Crippen LogP contribution in [-0.2, 0) is 4.74 Å². The van der Waals surface area contributed by atoms with Gasteiger partial charge in [0, 0.05) is 35.8 Å². The van der Waals surface area contributed by atoms with Crippen LogP contribution in [0.5, 0.6) is 0 Å². The van der Waals surface area contributed by atoms with Crippen LogP contribution in [0.3, 0.4) is 0 Å². The number of nitrogens with zero attached hydrogens (tertiary/aromatic N) is 3. The molecule has 0 spiro atoms. The maximum Gasteiger partial charge on any atom is 0.251 e. The summed E-state index contributed by atoms with van der Waals surface area (Å²) < 4.78 is 7.38. The Bertz CT molecular complexity index is 944. The highest BCUT2D eigenvalue weighted by Crippen LogP contribution is 2.25. The Morgan fingerprint density at radius 1 is 1.21 bits per heavy atom. The van der Waals surface area contributed by atoms with E-state index < -0.39 is 0 Å². The van der Waals surface area contributed by atoms with E-state index in [-0.39, 0.29) is 11.9 Å². The van der Waals surface area contributed by atoms with E-state index in [1.165, 1.54) is 4.88 Å². The Kier molecular flexibility index (Phi) is 6.08. The van der Waals surface area contributed by atoms with Gasteiger partial charge < -0.3 is 10.1 Å². The van der Waals surface area contributed by atoms with Crippen molar-refractivity contribution in [2.24, 2.45) is 0 Å². The monoisotopic (exact) mass is 410 g/mol. The topological polar surface area (TPSA) is 59.4 Å². The molecule has 1 aliphatic rings. The van der Waals surface area contributed by atoms with Crippen LogP contribution < -0.4 is 5.32 Å². The smallest absolute Gasteiger partial charge is 0.251 e. The second-order valence-corrected chi connectivity index (χ2v) is 8.25. The molecule has 1 aromatic carbocycles. The molecule has 0 unspecified atom stereocenters. The fourth-order valence-electron chi connectivity index (χ4n) is 3.72. The van der Waals surface area contributed by atoms with Gasteiger partial charge >= 0.3 is 0 Å². The molecular weight excluding hydrogens is 384 g/mol. The molecule has 6 nitrogen and oxygen atoms in total. The van der Waals surface area contributed by atoms with Gasteiger partial charge in [-0.05, 0) is 55.6 Å². The molecule has 7 heteroatoms. The van der Waals surface area contributed by atoms with Gasteiger partial charge in [0.25, 0.3) is 5.91 Å². The summed E-state index contributed by atoms with van der Waals surface area (Å²) in [6.45, 7) is 7.83. The molecule has 3 heterocycles. The molecular formula is C22H26N4O2S. The maximum absolute atomic E-state index is 12.7. The molecule has 29 heavy (non-hydrogen) atoms. The molecule has 1 N–H and O–H groups in total. The highest BCUT2D eigenvalue weighted by atomic mass is 32.1. The number of hydrogen-bond acceptors (Lipinski definition) is 5. The van der Waals surface area contributed by atoms with E-state index in [0.717, 1.165) is 43.4 Å². The number of rotatable bonds is 6. The standard InChI is InChI=1S/C22H26N4O2S/c1-16-14-17(2)26(24-16)19-7-5-18(6-8-19)22(27)23-15-20(21-4-3-13-29-21)25-9-11-28-12-10-25/h3-8,13-14,20H,9-12,15H2,1-2H3,(H,23,27)/t20-/m0/s1. The lowest BCUT2D eigenvalue weighted by molar-refractivity contribution is 0.0169. The van der Waals surface area contributed by atoms with Gasteiger partial charge in [-0.3, -0.25) is 9.69 Å². The van der Waals surface area contributed by atoms with E-state index in [0.29, 0.717) is 12.1 Å². The SMILES string of the molecule is Cc1cc(C)n(-c2ccc(C(=O)NC[C@@H](c3cccs3)N3CCOCC3)cc2)n1. The van der Waals surface area contributed by atoms with Gasteiger partial charge in [0.2, 0.25) is 0 Å². The van der Waals surface area contributed by atoms with E-state index in [4.69, 9.17) is 4.74 Å². The number of nitrogens with one attached hydrogen (secondary N) is 1. The minimum Gasteiger partial charge on any atom is -0.379 e. The number of hydrogen-bond donors (Lipinski definition) is 1.